The van der Waals surface area contributed by atoms with Crippen LogP contribution in [0.25, 0.3) is 5.65 Å². The molecule has 116 valence electrons. The van der Waals surface area contributed by atoms with E-state index >= 15 is 0 Å². The number of halogens is 2. The largest absolute Gasteiger partial charge is 0.355 e. The molecule has 0 bridgehead atoms. The van der Waals surface area contributed by atoms with E-state index in [1.807, 2.05) is 6.92 Å². The summed E-state index contributed by atoms with van der Waals surface area (Å²) in [7, 11) is 0. The Morgan fingerprint density at radius 1 is 1.27 bits per heavy atom. The third-order valence-electron chi connectivity index (χ3n) is 3.90. The van der Waals surface area contributed by atoms with Gasteiger partial charge in [-0.25, -0.2) is 13.8 Å². The summed E-state index contributed by atoms with van der Waals surface area (Å²) in [6, 6.07) is 3.48. The number of carbonyl (C=O) groups is 1. The van der Waals surface area contributed by atoms with Gasteiger partial charge in [0.15, 0.2) is 6.29 Å². The first-order valence-corrected chi connectivity index (χ1v) is 7.02. The molecule has 1 saturated heterocycles. The minimum absolute atomic E-state index is 0.0717. The van der Waals surface area contributed by atoms with Crippen molar-refractivity contribution in [3.8, 4) is 0 Å². The van der Waals surface area contributed by atoms with Crippen molar-refractivity contribution in [2.45, 2.75) is 25.7 Å². The van der Waals surface area contributed by atoms with Gasteiger partial charge in [-0.05, 0) is 18.6 Å². The highest BCUT2D eigenvalue weighted by molar-refractivity contribution is 5.83. The smallest absolute Gasteiger partial charge is 0.270 e. The summed E-state index contributed by atoms with van der Waals surface area (Å²) in [5.41, 5.74) is 0.691. The highest BCUT2D eigenvalue weighted by Gasteiger charge is 2.35. The van der Waals surface area contributed by atoms with Gasteiger partial charge in [0.1, 0.15) is 17.0 Å². The van der Waals surface area contributed by atoms with Gasteiger partial charge < -0.3 is 4.90 Å². The first kappa shape index (κ1) is 14.6. The van der Waals surface area contributed by atoms with Gasteiger partial charge in [-0.2, -0.15) is 0 Å². The lowest BCUT2D eigenvalue weighted by Crippen LogP contribution is -2.41. The number of pyridine rings is 1. The fourth-order valence-corrected chi connectivity index (χ4v) is 2.64. The van der Waals surface area contributed by atoms with Crippen LogP contribution in [0, 0.1) is 6.92 Å². The number of hydrogen-bond acceptors (Lipinski definition) is 4. The van der Waals surface area contributed by atoms with Gasteiger partial charge >= 0.3 is 0 Å². The Labute approximate surface area is 125 Å². The molecule has 0 amide bonds. The molecule has 0 aromatic carbocycles. The molecule has 0 N–H and O–H groups in total. The first-order valence-electron chi connectivity index (χ1n) is 7.02. The lowest BCUT2D eigenvalue weighted by atomic mass is 10.1. The molecule has 3 rings (SSSR count). The maximum atomic E-state index is 13.3. The van der Waals surface area contributed by atoms with Crippen molar-refractivity contribution in [1.29, 1.82) is 0 Å². The van der Waals surface area contributed by atoms with E-state index in [0.717, 1.165) is 5.56 Å². The van der Waals surface area contributed by atoms with Crippen molar-refractivity contribution in [3.05, 3.63) is 39.8 Å². The van der Waals surface area contributed by atoms with Crippen LogP contribution in [0.1, 0.15) is 28.8 Å². The average molecular weight is 307 g/mol. The number of hydrogen-bond donors (Lipinski definition) is 0. The van der Waals surface area contributed by atoms with Crippen LogP contribution in [0.3, 0.4) is 0 Å². The van der Waals surface area contributed by atoms with Crippen LogP contribution in [0.4, 0.5) is 14.6 Å². The number of alkyl halides is 2. The minimum atomic E-state index is -2.69. The van der Waals surface area contributed by atoms with Crippen molar-refractivity contribution >= 4 is 17.8 Å². The Morgan fingerprint density at radius 3 is 2.59 bits per heavy atom. The number of aromatic nitrogens is 2. The van der Waals surface area contributed by atoms with Gasteiger partial charge in [0.2, 0.25) is 0 Å². The summed E-state index contributed by atoms with van der Waals surface area (Å²) < 4.78 is 27.8. The van der Waals surface area contributed by atoms with E-state index in [4.69, 9.17) is 0 Å². The Hall–Kier alpha value is -2.31. The zero-order valence-electron chi connectivity index (χ0n) is 12.1. The average Bonchev–Trinajstić information content (AvgIpc) is 2.48. The second kappa shape index (κ2) is 5.15. The van der Waals surface area contributed by atoms with E-state index in [0.29, 0.717) is 11.9 Å². The van der Waals surface area contributed by atoms with E-state index in [9.17, 15) is 18.4 Å². The van der Waals surface area contributed by atoms with Gasteiger partial charge in [-0.3, -0.25) is 14.0 Å². The van der Waals surface area contributed by atoms with Crippen molar-refractivity contribution in [2.24, 2.45) is 0 Å². The van der Waals surface area contributed by atoms with Crippen molar-refractivity contribution in [3.63, 3.8) is 0 Å². The quantitative estimate of drug-likeness (QED) is 0.797. The third kappa shape index (κ3) is 2.47. The zero-order valence-corrected chi connectivity index (χ0v) is 12.1. The minimum Gasteiger partial charge on any atom is -0.355 e. The second-order valence-corrected chi connectivity index (χ2v) is 5.55. The summed E-state index contributed by atoms with van der Waals surface area (Å²) in [6.07, 6.45) is 1.44. The molecule has 1 aliphatic rings. The lowest BCUT2D eigenvalue weighted by molar-refractivity contribution is -0.0221. The number of anilines is 1. The first-order chi connectivity index (χ1) is 10.4. The molecule has 2 aromatic heterocycles. The summed E-state index contributed by atoms with van der Waals surface area (Å²) in [6.45, 7) is 1.97. The molecule has 0 unspecified atom stereocenters. The molecule has 0 spiro atoms. The molecule has 1 aliphatic heterocycles. The van der Waals surface area contributed by atoms with E-state index in [-0.39, 0.29) is 37.3 Å². The molecule has 0 aliphatic carbocycles. The number of rotatable bonds is 2. The SMILES string of the molecule is Cc1ccc2nc(N3CCC(F)(F)CC3)c(C=O)c(=O)n2c1. The predicted molar refractivity (Wildman–Crippen MR) is 78.0 cm³/mol. The summed E-state index contributed by atoms with van der Waals surface area (Å²) in [4.78, 5) is 29.7. The van der Waals surface area contributed by atoms with Gasteiger partial charge in [-0.15, -0.1) is 0 Å². The number of carbonyl (C=O) groups excluding carboxylic acids is 1. The van der Waals surface area contributed by atoms with Crippen LogP contribution in [-0.2, 0) is 0 Å². The van der Waals surface area contributed by atoms with Crippen LogP contribution in [-0.4, -0.2) is 34.7 Å². The Kier molecular flexibility index (Phi) is 3.42. The third-order valence-corrected chi connectivity index (χ3v) is 3.90. The summed E-state index contributed by atoms with van der Waals surface area (Å²) >= 11 is 0. The molecule has 1 fully saturated rings. The normalized spacial score (nSPS) is 17.7. The van der Waals surface area contributed by atoms with Gasteiger partial charge in [-0.1, -0.05) is 6.07 Å². The van der Waals surface area contributed by atoms with Crippen LogP contribution < -0.4 is 10.5 Å². The number of piperidine rings is 1. The topological polar surface area (TPSA) is 54.7 Å². The highest BCUT2D eigenvalue weighted by atomic mass is 19.3. The van der Waals surface area contributed by atoms with Crippen LogP contribution in [0.15, 0.2) is 23.1 Å². The zero-order chi connectivity index (χ0) is 15.9. The number of aryl methyl sites for hydroxylation is 1. The van der Waals surface area contributed by atoms with E-state index in [2.05, 4.69) is 4.98 Å². The van der Waals surface area contributed by atoms with Gasteiger partial charge in [0.25, 0.3) is 11.5 Å². The van der Waals surface area contributed by atoms with Crippen LogP contribution in [0.5, 0.6) is 0 Å². The standard InChI is InChI=1S/C15H15F2N3O2/c1-10-2-3-12-18-13(11(9-21)14(22)20(12)8-10)19-6-4-15(16,17)5-7-19/h2-3,8-9H,4-7H2,1H3. The molecule has 5 nitrogen and oxygen atoms in total. The van der Waals surface area contributed by atoms with Crippen LogP contribution in [0.2, 0.25) is 0 Å². The molecule has 0 saturated carbocycles. The molecule has 2 aromatic rings. The van der Waals surface area contributed by atoms with Gasteiger partial charge in [0.05, 0.1) is 0 Å². The highest BCUT2D eigenvalue weighted by Crippen LogP contribution is 2.30. The molecular formula is C15H15F2N3O2. The van der Waals surface area contributed by atoms with Crippen molar-refractivity contribution < 1.29 is 13.6 Å². The molecule has 7 heteroatoms. The lowest BCUT2D eigenvalue weighted by Gasteiger charge is -2.33. The monoisotopic (exact) mass is 307 g/mol. The van der Waals surface area contributed by atoms with Crippen molar-refractivity contribution in [1.82, 2.24) is 9.38 Å². The van der Waals surface area contributed by atoms with E-state index < -0.39 is 11.5 Å². The molecular weight excluding hydrogens is 292 g/mol. The maximum Gasteiger partial charge on any atom is 0.270 e. The summed E-state index contributed by atoms with van der Waals surface area (Å²) in [5.74, 6) is -2.50. The molecule has 3 heterocycles. The van der Waals surface area contributed by atoms with E-state index in [1.165, 1.54) is 4.40 Å². The predicted octanol–water partition coefficient (Wildman–Crippen LogP) is 2.05. The molecule has 0 radical (unpaired) electrons. The van der Waals surface area contributed by atoms with E-state index in [1.54, 1.807) is 23.2 Å². The maximum absolute atomic E-state index is 13.3. The number of nitrogens with zero attached hydrogens (tertiary/aromatic N) is 3. The Balaban J connectivity index is 2.12. The van der Waals surface area contributed by atoms with Crippen molar-refractivity contribution in [2.75, 3.05) is 18.0 Å². The Morgan fingerprint density at radius 2 is 1.95 bits per heavy atom. The Bertz CT molecular complexity index is 791. The van der Waals surface area contributed by atoms with Crippen LogP contribution >= 0.6 is 0 Å². The number of fused-ring (bicyclic) bond motifs is 1. The second-order valence-electron chi connectivity index (χ2n) is 5.55. The molecule has 22 heavy (non-hydrogen) atoms. The number of aldehydes is 1. The fourth-order valence-electron chi connectivity index (χ4n) is 2.64. The molecule has 0 atom stereocenters. The summed E-state index contributed by atoms with van der Waals surface area (Å²) in [5, 5.41) is 0. The van der Waals surface area contributed by atoms with Gasteiger partial charge in [0, 0.05) is 32.1 Å². The fraction of sp³-hybridized carbons (Fsp3) is 0.400.